The number of benzene rings is 2. The lowest BCUT2D eigenvalue weighted by atomic mass is 10.1. The predicted octanol–water partition coefficient (Wildman–Crippen LogP) is 3.75. The van der Waals surface area contributed by atoms with Crippen molar-refractivity contribution in [3.05, 3.63) is 83.7 Å². The molecule has 0 bridgehead atoms. The molecule has 0 fully saturated rings. The van der Waals surface area contributed by atoms with E-state index in [0.29, 0.717) is 16.9 Å². The van der Waals surface area contributed by atoms with Gasteiger partial charge in [0.25, 0.3) is 15.9 Å². The molecule has 1 heterocycles. The van der Waals surface area contributed by atoms with Crippen LogP contribution in [0, 0.1) is 13.8 Å². The smallest absolute Gasteiger partial charge is 0.261 e. The van der Waals surface area contributed by atoms with E-state index >= 15 is 0 Å². The molecule has 0 radical (unpaired) electrons. The third-order valence-corrected chi connectivity index (χ3v) is 5.43. The van der Waals surface area contributed by atoms with Crippen LogP contribution in [0.2, 0.25) is 0 Å². The summed E-state index contributed by atoms with van der Waals surface area (Å²) < 4.78 is 27.9. The number of aromatic nitrogens is 1. The lowest BCUT2D eigenvalue weighted by Gasteiger charge is -2.13. The highest BCUT2D eigenvalue weighted by Gasteiger charge is 2.16. The third-order valence-electron chi connectivity index (χ3n) is 4.06. The van der Waals surface area contributed by atoms with E-state index < -0.39 is 10.0 Å². The molecular formula is C20H19N3O3S. The van der Waals surface area contributed by atoms with Crippen molar-refractivity contribution in [1.29, 1.82) is 0 Å². The molecule has 0 unspecified atom stereocenters. The first-order valence-corrected chi connectivity index (χ1v) is 9.75. The van der Waals surface area contributed by atoms with Crippen LogP contribution in [0.4, 0.5) is 11.4 Å². The van der Waals surface area contributed by atoms with Crippen LogP contribution in [0.3, 0.4) is 0 Å². The summed E-state index contributed by atoms with van der Waals surface area (Å²) in [6.07, 6.45) is 3.04. The van der Waals surface area contributed by atoms with Crippen molar-refractivity contribution in [1.82, 2.24) is 4.98 Å². The third kappa shape index (κ3) is 4.32. The number of nitrogens with zero attached hydrogens (tertiary/aromatic N) is 1. The minimum absolute atomic E-state index is 0.115. The molecule has 27 heavy (non-hydrogen) atoms. The summed E-state index contributed by atoms with van der Waals surface area (Å²) in [5.41, 5.74) is 3.19. The van der Waals surface area contributed by atoms with Gasteiger partial charge in [0.2, 0.25) is 0 Å². The van der Waals surface area contributed by atoms with Gasteiger partial charge in [-0.05, 0) is 61.4 Å². The molecule has 2 N–H and O–H groups in total. The van der Waals surface area contributed by atoms with Gasteiger partial charge in [-0.3, -0.25) is 14.5 Å². The largest absolute Gasteiger partial charge is 0.322 e. The monoisotopic (exact) mass is 381 g/mol. The summed E-state index contributed by atoms with van der Waals surface area (Å²) in [5.74, 6) is -0.313. The zero-order chi connectivity index (χ0) is 19.4. The van der Waals surface area contributed by atoms with E-state index in [-0.39, 0.29) is 10.8 Å². The molecule has 2 aromatic carbocycles. The Morgan fingerprint density at radius 2 is 1.59 bits per heavy atom. The summed E-state index contributed by atoms with van der Waals surface area (Å²) in [6.45, 7) is 3.70. The summed E-state index contributed by atoms with van der Waals surface area (Å²) >= 11 is 0. The second-order valence-electron chi connectivity index (χ2n) is 6.09. The van der Waals surface area contributed by atoms with Gasteiger partial charge in [-0.1, -0.05) is 18.2 Å². The molecule has 1 amide bonds. The number of aryl methyl sites for hydroxylation is 2. The van der Waals surface area contributed by atoms with Crippen LogP contribution in [-0.2, 0) is 10.0 Å². The van der Waals surface area contributed by atoms with Gasteiger partial charge in [-0.15, -0.1) is 0 Å². The molecule has 7 heteroatoms. The second-order valence-corrected chi connectivity index (χ2v) is 7.77. The first-order valence-electron chi connectivity index (χ1n) is 8.27. The number of sulfonamides is 1. The minimum atomic E-state index is -3.73. The molecule has 0 aliphatic heterocycles. The Hall–Kier alpha value is -3.19. The number of carbonyl (C=O) groups excluding carboxylic acids is 1. The summed E-state index contributed by atoms with van der Waals surface area (Å²) in [6, 6.07) is 14.9. The minimum Gasteiger partial charge on any atom is -0.322 e. The van der Waals surface area contributed by atoms with Crippen LogP contribution >= 0.6 is 0 Å². The van der Waals surface area contributed by atoms with Crippen molar-refractivity contribution in [2.75, 3.05) is 10.0 Å². The maximum absolute atomic E-state index is 12.7. The molecule has 3 rings (SSSR count). The second kappa shape index (κ2) is 7.59. The number of rotatable bonds is 5. The summed E-state index contributed by atoms with van der Waals surface area (Å²) in [5, 5.41) is 2.71. The highest BCUT2D eigenvalue weighted by Crippen LogP contribution is 2.24. The lowest BCUT2D eigenvalue weighted by molar-refractivity contribution is 0.102. The number of anilines is 2. The quantitative estimate of drug-likeness (QED) is 0.704. The average molecular weight is 381 g/mol. The van der Waals surface area contributed by atoms with Crippen LogP contribution in [-0.4, -0.2) is 19.3 Å². The Morgan fingerprint density at radius 3 is 2.19 bits per heavy atom. The van der Waals surface area contributed by atoms with E-state index in [1.165, 1.54) is 18.3 Å². The number of carbonyl (C=O) groups is 1. The zero-order valence-electron chi connectivity index (χ0n) is 14.9. The fourth-order valence-corrected chi connectivity index (χ4v) is 3.79. The summed E-state index contributed by atoms with van der Waals surface area (Å²) in [4.78, 5) is 16.1. The fraction of sp³-hybridized carbons (Fsp3) is 0.100. The van der Waals surface area contributed by atoms with E-state index in [1.807, 2.05) is 32.0 Å². The molecule has 138 valence electrons. The molecule has 0 spiro atoms. The van der Waals surface area contributed by atoms with Gasteiger partial charge >= 0.3 is 0 Å². The van der Waals surface area contributed by atoms with Crippen molar-refractivity contribution < 1.29 is 13.2 Å². The van der Waals surface area contributed by atoms with Gasteiger partial charge < -0.3 is 5.32 Å². The first kappa shape index (κ1) is 18.6. The molecule has 6 nitrogen and oxygen atoms in total. The number of para-hydroxylation sites is 1. The molecule has 0 aliphatic carbocycles. The molecule has 1 aromatic heterocycles. The van der Waals surface area contributed by atoms with Crippen LogP contribution in [0.1, 0.15) is 21.5 Å². The Balaban J connectivity index is 1.77. The first-order chi connectivity index (χ1) is 12.9. The molecular weight excluding hydrogens is 362 g/mol. The number of hydrogen-bond acceptors (Lipinski definition) is 4. The van der Waals surface area contributed by atoms with Crippen molar-refractivity contribution in [3.8, 4) is 0 Å². The van der Waals surface area contributed by atoms with Crippen LogP contribution < -0.4 is 10.0 Å². The van der Waals surface area contributed by atoms with Crippen molar-refractivity contribution in [2.45, 2.75) is 18.7 Å². The predicted molar refractivity (Wildman–Crippen MR) is 105 cm³/mol. The summed E-state index contributed by atoms with van der Waals surface area (Å²) in [7, 11) is -3.73. The lowest BCUT2D eigenvalue weighted by Crippen LogP contribution is -2.15. The van der Waals surface area contributed by atoms with Gasteiger partial charge in [0.1, 0.15) is 0 Å². The van der Waals surface area contributed by atoms with E-state index in [1.54, 1.807) is 30.5 Å². The van der Waals surface area contributed by atoms with Gasteiger partial charge in [0.15, 0.2) is 0 Å². The van der Waals surface area contributed by atoms with Gasteiger partial charge in [0.05, 0.1) is 16.1 Å². The highest BCUT2D eigenvalue weighted by atomic mass is 32.2. The highest BCUT2D eigenvalue weighted by molar-refractivity contribution is 7.92. The zero-order valence-corrected chi connectivity index (χ0v) is 15.7. The van der Waals surface area contributed by atoms with E-state index in [9.17, 15) is 13.2 Å². The fourth-order valence-electron chi connectivity index (χ4n) is 2.59. The Bertz CT molecular complexity index is 1040. The number of nitrogens with one attached hydrogen (secondary N) is 2. The average Bonchev–Trinajstić information content (AvgIpc) is 2.66. The van der Waals surface area contributed by atoms with Gasteiger partial charge in [-0.25, -0.2) is 8.42 Å². The van der Waals surface area contributed by atoms with Crippen molar-refractivity contribution in [3.63, 3.8) is 0 Å². The number of amides is 1. The van der Waals surface area contributed by atoms with Crippen molar-refractivity contribution in [2.24, 2.45) is 0 Å². The molecule has 0 atom stereocenters. The number of hydrogen-bond donors (Lipinski definition) is 2. The molecule has 0 saturated heterocycles. The van der Waals surface area contributed by atoms with Gasteiger partial charge in [-0.2, -0.15) is 0 Å². The Kier molecular flexibility index (Phi) is 5.23. The molecule has 0 saturated carbocycles. The maximum Gasteiger partial charge on any atom is 0.261 e. The van der Waals surface area contributed by atoms with Crippen LogP contribution in [0.5, 0.6) is 0 Å². The molecule has 0 aliphatic rings. The topological polar surface area (TPSA) is 88.2 Å². The van der Waals surface area contributed by atoms with Crippen molar-refractivity contribution >= 4 is 27.3 Å². The van der Waals surface area contributed by atoms with Gasteiger partial charge in [0, 0.05) is 18.1 Å². The Morgan fingerprint density at radius 1 is 0.926 bits per heavy atom. The standard InChI is InChI=1S/C20H19N3O3S/c1-14-5-3-6-15(2)19(14)23-27(25,26)18-10-8-17(9-11-18)22-20(24)16-7-4-12-21-13-16/h3-13,23H,1-2H3,(H,22,24). The van der Waals surface area contributed by atoms with E-state index in [4.69, 9.17) is 0 Å². The Labute approximate surface area is 158 Å². The normalized spacial score (nSPS) is 11.0. The van der Waals surface area contributed by atoms with E-state index in [2.05, 4.69) is 15.0 Å². The van der Waals surface area contributed by atoms with Crippen LogP contribution in [0.25, 0.3) is 0 Å². The van der Waals surface area contributed by atoms with E-state index in [0.717, 1.165) is 11.1 Å². The van der Waals surface area contributed by atoms with Crippen LogP contribution in [0.15, 0.2) is 71.9 Å². The molecule has 3 aromatic rings. The SMILES string of the molecule is Cc1cccc(C)c1NS(=O)(=O)c1ccc(NC(=O)c2cccnc2)cc1. The number of pyridine rings is 1. The maximum atomic E-state index is 12.7.